The quantitative estimate of drug-likeness (QED) is 0.649. The molecule has 0 radical (unpaired) electrons. The first-order valence-corrected chi connectivity index (χ1v) is 9.30. The van der Waals surface area contributed by atoms with E-state index in [-0.39, 0.29) is 10.6 Å². The Morgan fingerprint density at radius 3 is 2.64 bits per heavy atom. The fourth-order valence-electron chi connectivity index (χ4n) is 2.16. The molecule has 0 amide bonds. The van der Waals surface area contributed by atoms with E-state index in [1.807, 2.05) is 24.3 Å². The van der Waals surface area contributed by atoms with Crippen LogP contribution in [-0.4, -0.2) is 13.4 Å². The van der Waals surface area contributed by atoms with Gasteiger partial charge in [0.25, 0.3) is 0 Å². The van der Waals surface area contributed by atoms with Crippen LogP contribution in [0.1, 0.15) is 5.69 Å². The molecule has 6 heteroatoms. The van der Waals surface area contributed by atoms with Crippen molar-refractivity contribution in [2.24, 2.45) is 0 Å². The number of nitrogens with zero attached hydrogens (tertiary/aromatic N) is 1. The minimum Gasteiger partial charge on any atom is -0.252 e. The van der Waals surface area contributed by atoms with Crippen LogP contribution in [0.4, 0.5) is 0 Å². The van der Waals surface area contributed by atoms with Gasteiger partial charge in [0.2, 0.25) is 0 Å². The molecule has 3 rings (SSSR count). The monoisotopic (exact) mass is 395 g/mol. The first-order chi connectivity index (χ1) is 10.4. The topological polar surface area (TPSA) is 47.0 Å². The Kier molecular flexibility index (Phi) is 4.21. The van der Waals surface area contributed by atoms with Crippen LogP contribution in [0.2, 0.25) is 5.02 Å². The van der Waals surface area contributed by atoms with Crippen molar-refractivity contribution >= 4 is 48.3 Å². The minimum atomic E-state index is -3.47. The minimum absolute atomic E-state index is 0.153. The third-order valence-electron chi connectivity index (χ3n) is 3.20. The average molecular weight is 397 g/mol. The van der Waals surface area contributed by atoms with Gasteiger partial charge in [0.15, 0.2) is 9.84 Å². The first kappa shape index (κ1) is 15.5. The normalized spacial score (nSPS) is 11.7. The molecular weight excluding hydrogens is 386 g/mol. The molecule has 0 aliphatic rings. The van der Waals surface area contributed by atoms with E-state index in [0.29, 0.717) is 10.7 Å². The standard InChI is InChI=1S/C16H11BrClNO2S/c17-12-5-7-16-11(8-12)4-6-14(19-16)10-22(20,21)15-3-1-2-13(18)9-15/h1-9H,10H2. The largest absolute Gasteiger partial charge is 0.252 e. The highest BCUT2D eigenvalue weighted by Crippen LogP contribution is 2.22. The van der Waals surface area contributed by atoms with E-state index in [1.54, 1.807) is 24.3 Å². The molecule has 0 bridgehead atoms. The Morgan fingerprint density at radius 1 is 1.05 bits per heavy atom. The van der Waals surface area contributed by atoms with Crippen LogP contribution in [0.25, 0.3) is 10.9 Å². The Labute approximate surface area is 142 Å². The fraction of sp³-hybridized carbons (Fsp3) is 0.0625. The van der Waals surface area contributed by atoms with Crippen molar-refractivity contribution < 1.29 is 8.42 Å². The molecule has 0 saturated carbocycles. The Balaban J connectivity index is 1.97. The summed E-state index contributed by atoms with van der Waals surface area (Å²) in [5.41, 5.74) is 1.27. The van der Waals surface area contributed by atoms with Gasteiger partial charge in [-0.05, 0) is 42.5 Å². The molecule has 0 unspecified atom stereocenters. The molecule has 3 aromatic rings. The molecule has 0 atom stereocenters. The van der Waals surface area contributed by atoms with Gasteiger partial charge in [-0.15, -0.1) is 0 Å². The molecule has 1 aromatic heterocycles. The molecule has 0 aliphatic carbocycles. The van der Waals surface area contributed by atoms with Crippen molar-refractivity contribution in [2.45, 2.75) is 10.6 Å². The molecule has 2 aromatic carbocycles. The SMILES string of the molecule is O=S(=O)(Cc1ccc2cc(Br)ccc2n1)c1cccc(Cl)c1. The number of benzene rings is 2. The third-order valence-corrected chi connectivity index (χ3v) is 5.58. The van der Waals surface area contributed by atoms with Crippen molar-refractivity contribution in [3.8, 4) is 0 Å². The number of sulfone groups is 1. The lowest BCUT2D eigenvalue weighted by atomic mass is 10.2. The van der Waals surface area contributed by atoms with Gasteiger partial charge in [0.1, 0.15) is 0 Å². The number of hydrogen-bond donors (Lipinski definition) is 0. The predicted molar refractivity (Wildman–Crippen MR) is 91.8 cm³/mol. The highest BCUT2D eigenvalue weighted by Gasteiger charge is 2.16. The van der Waals surface area contributed by atoms with Crippen molar-refractivity contribution in [3.05, 3.63) is 69.8 Å². The van der Waals surface area contributed by atoms with Gasteiger partial charge in [-0.3, -0.25) is 4.98 Å². The second-order valence-corrected chi connectivity index (χ2v) is 8.20. The molecule has 0 saturated heterocycles. The van der Waals surface area contributed by atoms with Crippen LogP contribution in [0.5, 0.6) is 0 Å². The van der Waals surface area contributed by atoms with Gasteiger partial charge in [-0.25, -0.2) is 8.42 Å². The van der Waals surface area contributed by atoms with Crippen LogP contribution in [0.3, 0.4) is 0 Å². The smallest absolute Gasteiger partial charge is 0.184 e. The molecule has 0 spiro atoms. The summed E-state index contributed by atoms with van der Waals surface area (Å²) in [5.74, 6) is -0.153. The summed E-state index contributed by atoms with van der Waals surface area (Å²) in [6.07, 6.45) is 0. The van der Waals surface area contributed by atoms with Crippen LogP contribution < -0.4 is 0 Å². The zero-order valence-electron chi connectivity index (χ0n) is 11.3. The first-order valence-electron chi connectivity index (χ1n) is 6.47. The molecule has 3 nitrogen and oxygen atoms in total. The number of pyridine rings is 1. The second kappa shape index (κ2) is 5.99. The predicted octanol–water partition coefficient (Wildman–Crippen LogP) is 4.62. The summed E-state index contributed by atoms with van der Waals surface area (Å²) in [7, 11) is -3.47. The van der Waals surface area contributed by atoms with E-state index in [1.165, 1.54) is 6.07 Å². The van der Waals surface area contributed by atoms with Crippen molar-refractivity contribution in [3.63, 3.8) is 0 Å². The lowest BCUT2D eigenvalue weighted by Gasteiger charge is -2.06. The van der Waals surface area contributed by atoms with Gasteiger partial charge < -0.3 is 0 Å². The van der Waals surface area contributed by atoms with Gasteiger partial charge in [-0.2, -0.15) is 0 Å². The van der Waals surface area contributed by atoms with Crippen LogP contribution in [0.15, 0.2) is 64.0 Å². The molecule has 0 aliphatic heterocycles. The summed E-state index contributed by atoms with van der Waals surface area (Å²) >= 11 is 9.26. The molecule has 1 heterocycles. The highest BCUT2D eigenvalue weighted by molar-refractivity contribution is 9.10. The molecule has 0 fully saturated rings. The maximum atomic E-state index is 12.4. The lowest BCUT2D eigenvalue weighted by Crippen LogP contribution is -2.06. The van der Waals surface area contributed by atoms with Gasteiger partial charge in [0.05, 0.1) is 21.9 Å². The number of halogens is 2. The zero-order chi connectivity index (χ0) is 15.7. The molecule has 112 valence electrons. The number of aromatic nitrogens is 1. The molecule has 22 heavy (non-hydrogen) atoms. The number of rotatable bonds is 3. The lowest BCUT2D eigenvalue weighted by molar-refractivity contribution is 0.594. The third kappa shape index (κ3) is 3.32. The molecule has 0 N–H and O–H groups in total. The molecular formula is C16H11BrClNO2S. The van der Waals surface area contributed by atoms with Crippen LogP contribution >= 0.6 is 27.5 Å². The Bertz CT molecular complexity index is 957. The average Bonchev–Trinajstić information content (AvgIpc) is 2.47. The summed E-state index contributed by atoms with van der Waals surface area (Å²) < 4.78 is 25.8. The maximum Gasteiger partial charge on any atom is 0.184 e. The summed E-state index contributed by atoms with van der Waals surface area (Å²) in [4.78, 5) is 4.62. The van der Waals surface area contributed by atoms with E-state index in [4.69, 9.17) is 11.6 Å². The number of hydrogen-bond acceptors (Lipinski definition) is 3. The second-order valence-electron chi connectivity index (χ2n) is 4.86. The van der Waals surface area contributed by atoms with Crippen molar-refractivity contribution in [2.75, 3.05) is 0 Å². The van der Waals surface area contributed by atoms with E-state index in [2.05, 4.69) is 20.9 Å². The van der Waals surface area contributed by atoms with Gasteiger partial charge in [0, 0.05) is 14.9 Å². The van der Waals surface area contributed by atoms with Crippen LogP contribution in [0, 0.1) is 0 Å². The van der Waals surface area contributed by atoms with Crippen molar-refractivity contribution in [1.82, 2.24) is 4.98 Å². The van der Waals surface area contributed by atoms with Crippen molar-refractivity contribution in [1.29, 1.82) is 0 Å². The summed E-state index contributed by atoms with van der Waals surface area (Å²) in [6, 6.07) is 15.5. The fourth-order valence-corrected chi connectivity index (χ4v) is 4.10. The van der Waals surface area contributed by atoms with Gasteiger partial charge in [-0.1, -0.05) is 39.7 Å². The zero-order valence-corrected chi connectivity index (χ0v) is 14.5. The Hall–Kier alpha value is -1.43. The van der Waals surface area contributed by atoms with E-state index in [9.17, 15) is 8.42 Å². The van der Waals surface area contributed by atoms with Crippen LogP contribution in [-0.2, 0) is 15.6 Å². The van der Waals surface area contributed by atoms with E-state index in [0.717, 1.165) is 15.4 Å². The van der Waals surface area contributed by atoms with E-state index < -0.39 is 9.84 Å². The Morgan fingerprint density at radius 2 is 1.86 bits per heavy atom. The highest BCUT2D eigenvalue weighted by atomic mass is 79.9. The van der Waals surface area contributed by atoms with Gasteiger partial charge >= 0.3 is 0 Å². The summed E-state index contributed by atoms with van der Waals surface area (Å²) in [5, 5.41) is 1.36. The maximum absolute atomic E-state index is 12.4. The summed E-state index contributed by atoms with van der Waals surface area (Å²) in [6.45, 7) is 0. The van der Waals surface area contributed by atoms with E-state index >= 15 is 0 Å². The number of fused-ring (bicyclic) bond motifs is 1.